The van der Waals surface area contributed by atoms with E-state index in [-0.39, 0.29) is 0 Å². The van der Waals surface area contributed by atoms with Gasteiger partial charge in [0, 0.05) is 18.2 Å². The summed E-state index contributed by atoms with van der Waals surface area (Å²) < 4.78 is 8.51. The Morgan fingerprint density at radius 3 is 2.80 bits per heavy atom. The van der Waals surface area contributed by atoms with Gasteiger partial charge >= 0.3 is 0 Å². The summed E-state index contributed by atoms with van der Waals surface area (Å²) in [6.45, 7) is 3.78. The molecule has 0 unspecified atom stereocenters. The van der Waals surface area contributed by atoms with Crippen molar-refractivity contribution in [3.8, 4) is 0 Å². The zero-order valence-electron chi connectivity index (χ0n) is 13.5. The van der Waals surface area contributed by atoms with Gasteiger partial charge in [-0.25, -0.2) is 0 Å². The fourth-order valence-electron chi connectivity index (χ4n) is 2.43. The topological polar surface area (TPSA) is 43.6 Å². The van der Waals surface area contributed by atoms with Crippen molar-refractivity contribution >= 4 is 50.7 Å². The maximum atomic E-state index is 12.6. The van der Waals surface area contributed by atoms with Crippen LogP contribution in [0.3, 0.4) is 0 Å². The quantitative estimate of drug-likeness (QED) is 0.583. The number of carbonyl (C=O) groups is 1. The van der Waals surface area contributed by atoms with Crippen molar-refractivity contribution in [3.05, 3.63) is 62.9 Å². The van der Waals surface area contributed by atoms with Crippen LogP contribution >= 0.6 is 34.5 Å². The summed E-state index contributed by atoms with van der Waals surface area (Å²) in [5, 5.41) is 0.776. The normalized spacial score (nSPS) is 12.0. The van der Waals surface area contributed by atoms with E-state index in [2.05, 4.69) is 4.99 Å². The van der Waals surface area contributed by atoms with Crippen LogP contribution in [-0.4, -0.2) is 23.7 Å². The average molecular weight is 395 g/mol. The van der Waals surface area contributed by atoms with Crippen LogP contribution in [0.2, 0.25) is 10.0 Å². The molecule has 0 spiro atoms. The summed E-state index contributed by atoms with van der Waals surface area (Å²) in [5.41, 5.74) is 1.36. The van der Waals surface area contributed by atoms with Gasteiger partial charge in [-0.15, -0.1) is 0 Å². The molecule has 1 amide bonds. The number of hydrogen-bond acceptors (Lipinski definition) is 3. The number of nitrogens with zero attached hydrogens (tertiary/aromatic N) is 2. The Balaban J connectivity index is 2.05. The van der Waals surface area contributed by atoms with Gasteiger partial charge in [-0.1, -0.05) is 46.7 Å². The second-order valence-corrected chi connectivity index (χ2v) is 7.09. The van der Waals surface area contributed by atoms with Gasteiger partial charge < -0.3 is 9.30 Å². The summed E-state index contributed by atoms with van der Waals surface area (Å²) in [6.07, 6.45) is 0. The van der Waals surface area contributed by atoms with Crippen molar-refractivity contribution < 1.29 is 9.53 Å². The standard InChI is InChI=1S/C18H16Cl2N2O2S/c1-2-24-10-9-22-15-5-3-4-6-16(15)25-18(22)21-17(23)13-8-7-12(19)11-14(13)20/h3-8,11H,2,9-10H2,1H3. The van der Waals surface area contributed by atoms with Gasteiger partial charge in [0.2, 0.25) is 0 Å². The minimum absolute atomic E-state index is 0.295. The lowest BCUT2D eigenvalue weighted by Crippen LogP contribution is -2.19. The zero-order valence-corrected chi connectivity index (χ0v) is 15.9. The number of halogens is 2. The third-order valence-electron chi connectivity index (χ3n) is 3.61. The lowest BCUT2D eigenvalue weighted by atomic mass is 10.2. The number of carbonyl (C=O) groups excluding carboxylic acids is 1. The summed E-state index contributed by atoms with van der Waals surface area (Å²) in [6, 6.07) is 12.7. The van der Waals surface area contributed by atoms with E-state index in [1.165, 1.54) is 11.3 Å². The molecular formula is C18H16Cl2N2O2S. The van der Waals surface area contributed by atoms with Crippen LogP contribution in [0.4, 0.5) is 0 Å². The fourth-order valence-corrected chi connectivity index (χ4v) is 3.98. The highest BCUT2D eigenvalue weighted by molar-refractivity contribution is 7.16. The monoisotopic (exact) mass is 394 g/mol. The molecule has 0 aliphatic carbocycles. The molecule has 3 aromatic rings. The molecule has 0 saturated carbocycles. The van der Waals surface area contributed by atoms with E-state index in [0.717, 1.165) is 10.2 Å². The molecule has 0 atom stereocenters. The Bertz CT molecular complexity index is 979. The third-order valence-corrected chi connectivity index (χ3v) is 5.22. The molecule has 0 N–H and O–H groups in total. The molecule has 0 bridgehead atoms. The summed E-state index contributed by atoms with van der Waals surface area (Å²) >= 11 is 13.5. The molecule has 3 rings (SSSR count). The van der Waals surface area contributed by atoms with Gasteiger partial charge in [-0.05, 0) is 37.3 Å². The molecule has 1 aromatic heterocycles. The Morgan fingerprint density at radius 2 is 2.04 bits per heavy atom. The van der Waals surface area contributed by atoms with E-state index in [0.29, 0.717) is 40.2 Å². The highest BCUT2D eigenvalue weighted by atomic mass is 35.5. The first-order valence-corrected chi connectivity index (χ1v) is 9.37. The Kier molecular flexibility index (Phi) is 5.91. The largest absolute Gasteiger partial charge is 0.380 e. The van der Waals surface area contributed by atoms with E-state index in [4.69, 9.17) is 27.9 Å². The maximum Gasteiger partial charge on any atom is 0.281 e. The van der Waals surface area contributed by atoms with E-state index >= 15 is 0 Å². The number of thiazole rings is 1. The molecule has 0 saturated heterocycles. The highest BCUT2D eigenvalue weighted by Crippen LogP contribution is 2.22. The summed E-state index contributed by atoms with van der Waals surface area (Å²) in [5.74, 6) is -0.390. The van der Waals surface area contributed by atoms with E-state index < -0.39 is 5.91 Å². The number of benzene rings is 2. The van der Waals surface area contributed by atoms with Gasteiger partial charge in [0.25, 0.3) is 5.91 Å². The lowest BCUT2D eigenvalue weighted by molar-refractivity contribution is 0.0997. The Morgan fingerprint density at radius 1 is 1.24 bits per heavy atom. The van der Waals surface area contributed by atoms with E-state index in [1.807, 2.05) is 35.8 Å². The van der Waals surface area contributed by atoms with Crippen LogP contribution < -0.4 is 4.80 Å². The molecule has 0 aliphatic rings. The Hall–Kier alpha value is -1.66. The zero-order chi connectivity index (χ0) is 17.8. The van der Waals surface area contributed by atoms with Crippen LogP contribution in [0.1, 0.15) is 17.3 Å². The summed E-state index contributed by atoms with van der Waals surface area (Å²) in [7, 11) is 0. The number of amides is 1. The molecule has 7 heteroatoms. The van der Waals surface area contributed by atoms with Crippen LogP contribution in [0.25, 0.3) is 10.2 Å². The summed E-state index contributed by atoms with van der Waals surface area (Å²) in [4.78, 5) is 17.5. The van der Waals surface area contributed by atoms with Crippen molar-refractivity contribution in [1.82, 2.24) is 4.57 Å². The smallest absolute Gasteiger partial charge is 0.281 e. The first kappa shape index (κ1) is 18.1. The predicted molar refractivity (Wildman–Crippen MR) is 103 cm³/mol. The van der Waals surface area contributed by atoms with Crippen molar-refractivity contribution in [2.24, 2.45) is 4.99 Å². The minimum Gasteiger partial charge on any atom is -0.380 e. The first-order chi connectivity index (χ1) is 12.1. The van der Waals surface area contributed by atoms with Gasteiger partial charge in [0.15, 0.2) is 4.80 Å². The second kappa shape index (κ2) is 8.15. The highest BCUT2D eigenvalue weighted by Gasteiger charge is 2.12. The lowest BCUT2D eigenvalue weighted by Gasteiger charge is -2.05. The molecule has 1 heterocycles. The van der Waals surface area contributed by atoms with Gasteiger partial charge in [-0.3, -0.25) is 4.79 Å². The number of para-hydroxylation sites is 1. The fraction of sp³-hybridized carbons (Fsp3) is 0.222. The Labute approximate surface area is 159 Å². The molecule has 130 valence electrons. The molecule has 25 heavy (non-hydrogen) atoms. The van der Waals surface area contributed by atoms with Crippen molar-refractivity contribution in [1.29, 1.82) is 0 Å². The molecule has 0 aliphatic heterocycles. The molecular weight excluding hydrogens is 379 g/mol. The first-order valence-electron chi connectivity index (χ1n) is 7.80. The van der Waals surface area contributed by atoms with Crippen LogP contribution in [-0.2, 0) is 11.3 Å². The molecule has 0 radical (unpaired) electrons. The van der Waals surface area contributed by atoms with Crippen LogP contribution in [0.15, 0.2) is 47.5 Å². The van der Waals surface area contributed by atoms with Crippen LogP contribution in [0, 0.1) is 0 Å². The second-order valence-electron chi connectivity index (χ2n) is 5.24. The number of rotatable bonds is 5. The predicted octanol–water partition coefficient (Wildman–Crippen LogP) is 4.79. The molecule has 2 aromatic carbocycles. The van der Waals surface area contributed by atoms with E-state index in [9.17, 15) is 4.79 Å². The number of hydrogen-bond donors (Lipinski definition) is 0. The average Bonchev–Trinajstić information content (AvgIpc) is 2.92. The van der Waals surface area contributed by atoms with E-state index in [1.54, 1.807) is 18.2 Å². The number of fused-ring (bicyclic) bond motifs is 1. The maximum absolute atomic E-state index is 12.6. The SMILES string of the molecule is CCOCCn1c(=NC(=O)c2ccc(Cl)cc2Cl)sc2ccccc21. The third kappa shape index (κ3) is 4.12. The number of aromatic nitrogens is 1. The van der Waals surface area contributed by atoms with Gasteiger partial charge in [-0.2, -0.15) is 4.99 Å². The minimum atomic E-state index is -0.390. The van der Waals surface area contributed by atoms with Crippen molar-refractivity contribution in [2.45, 2.75) is 13.5 Å². The molecule has 0 fully saturated rings. The van der Waals surface area contributed by atoms with Gasteiger partial charge in [0.05, 0.1) is 27.4 Å². The van der Waals surface area contributed by atoms with Crippen LogP contribution in [0.5, 0.6) is 0 Å². The number of ether oxygens (including phenoxy) is 1. The van der Waals surface area contributed by atoms with Crippen molar-refractivity contribution in [2.75, 3.05) is 13.2 Å². The van der Waals surface area contributed by atoms with Gasteiger partial charge in [0.1, 0.15) is 0 Å². The molecule has 4 nitrogen and oxygen atoms in total. The van der Waals surface area contributed by atoms with Crippen molar-refractivity contribution in [3.63, 3.8) is 0 Å².